The molecule has 0 aromatic heterocycles. The minimum absolute atomic E-state index is 0.0855. The first kappa shape index (κ1) is 17.9. The van der Waals surface area contributed by atoms with Gasteiger partial charge in [0, 0.05) is 38.4 Å². The van der Waals surface area contributed by atoms with E-state index in [1.165, 1.54) is 6.07 Å². The average Bonchev–Trinajstić information content (AvgIpc) is 2.52. The van der Waals surface area contributed by atoms with E-state index in [1.54, 1.807) is 12.1 Å². The van der Waals surface area contributed by atoms with Crippen LogP contribution in [0.1, 0.15) is 25.8 Å². The summed E-state index contributed by atoms with van der Waals surface area (Å²) in [5, 5.41) is 17.1. The first-order chi connectivity index (χ1) is 10.7. The van der Waals surface area contributed by atoms with Gasteiger partial charge in [0.25, 0.3) is 5.69 Å². The zero-order chi connectivity index (χ0) is 16.2. The number of nitro groups is 1. The largest absolute Gasteiger partial charge is 0.382 e. The van der Waals surface area contributed by atoms with Crippen molar-refractivity contribution in [1.29, 1.82) is 0 Å². The second-order valence-corrected chi connectivity index (χ2v) is 4.60. The van der Waals surface area contributed by atoms with Crippen LogP contribution < -0.4 is 10.6 Å². The van der Waals surface area contributed by atoms with Crippen LogP contribution in [-0.2, 0) is 11.3 Å². The van der Waals surface area contributed by atoms with Gasteiger partial charge in [-0.15, -0.1) is 0 Å². The topological polar surface area (TPSA) is 88.8 Å². The molecule has 0 aliphatic heterocycles. The summed E-state index contributed by atoms with van der Waals surface area (Å²) in [4.78, 5) is 14.8. The predicted octanol–water partition coefficient (Wildman–Crippen LogP) is 2.08. The van der Waals surface area contributed by atoms with Crippen LogP contribution in [0.3, 0.4) is 0 Å². The quantitative estimate of drug-likeness (QED) is 0.240. The van der Waals surface area contributed by atoms with Crippen molar-refractivity contribution in [2.45, 2.75) is 26.8 Å². The van der Waals surface area contributed by atoms with Crippen molar-refractivity contribution in [2.24, 2.45) is 4.99 Å². The summed E-state index contributed by atoms with van der Waals surface area (Å²) in [6.45, 7) is 7.31. The molecule has 7 nitrogen and oxygen atoms in total. The Kier molecular flexibility index (Phi) is 8.59. The molecule has 122 valence electrons. The SMILES string of the molecule is CCNC(=NCc1cccc([N+](=O)[O-])c1)NCCCOCC. The van der Waals surface area contributed by atoms with E-state index in [0.29, 0.717) is 19.1 Å². The fourth-order valence-electron chi connectivity index (χ4n) is 1.81. The third-order valence-electron chi connectivity index (χ3n) is 2.85. The average molecular weight is 308 g/mol. The monoisotopic (exact) mass is 308 g/mol. The molecule has 0 aliphatic rings. The molecule has 0 aliphatic carbocycles. The van der Waals surface area contributed by atoms with Gasteiger partial charge in [-0.2, -0.15) is 0 Å². The van der Waals surface area contributed by atoms with E-state index < -0.39 is 4.92 Å². The van der Waals surface area contributed by atoms with Crippen LogP contribution in [-0.4, -0.2) is 37.2 Å². The van der Waals surface area contributed by atoms with Gasteiger partial charge in [0.2, 0.25) is 0 Å². The standard InChI is InChI=1S/C15H24N4O3/c1-3-16-15(17-9-6-10-22-4-2)18-12-13-7-5-8-14(11-13)19(20)21/h5,7-8,11H,3-4,6,9-10,12H2,1-2H3,(H2,16,17,18). The van der Waals surface area contributed by atoms with Gasteiger partial charge in [-0.25, -0.2) is 4.99 Å². The summed E-state index contributed by atoms with van der Waals surface area (Å²) < 4.78 is 5.28. The van der Waals surface area contributed by atoms with E-state index in [1.807, 2.05) is 19.9 Å². The third-order valence-corrected chi connectivity index (χ3v) is 2.85. The van der Waals surface area contributed by atoms with Crippen LogP contribution in [0.25, 0.3) is 0 Å². The van der Waals surface area contributed by atoms with Crippen LogP contribution in [0.15, 0.2) is 29.3 Å². The van der Waals surface area contributed by atoms with Crippen LogP contribution in [0.2, 0.25) is 0 Å². The number of hydrogen-bond acceptors (Lipinski definition) is 4. The highest BCUT2D eigenvalue weighted by atomic mass is 16.6. The molecule has 7 heteroatoms. The summed E-state index contributed by atoms with van der Waals surface area (Å²) in [6.07, 6.45) is 0.898. The zero-order valence-electron chi connectivity index (χ0n) is 13.2. The first-order valence-corrected chi connectivity index (χ1v) is 7.50. The number of rotatable bonds is 9. The Morgan fingerprint density at radius 3 is 2.86 bits per heavy atom. The number of ether oxygens (including phenoxy) is 1. The molecule has 0 saturated carbocycles. The van der Waals surface area contributed by atoms with Crippen molar-refractivity contribution in [3.05, 3.63) is 39.9 Å². The van der Waals surface area contributed by atoms with Crippen molar-refractivity contribution >= 4 is 11.6 Å². The molecule has 0 unspecified atom stereocenters. The molecule has 0 bridgehead atoms. The second-order valence-electron chi connectivity index (χ2n) is 4.60. The summed E-state index contributed by atoms with van der Waals surface area (Å²) >= 11 is 0. The molecule has 0 radical (unpaired) electrons. The lowest BCUT2D eigenvalue weighted by molar-refractivity contribution is -0.384. The molecule has 0 atom stereocenters. The van der Waals surface area contributed by atoms with Crippen molar-refractivity contribution in [1.82, 2.24) is 10.6 Å². The summed E-state index contributed by atoms with van der Waals surface area (Å²) in [7, 11) is 0. The van der Waals surface area contributed by atoms with E-state index >= 15 is 0 Å². The molecule has 0 fully saturated rings. The van der Waals surface area contributed by atoms with Crippen LogP contribution in [0.5, 0.6) is 0 Å². The van der Waals surface area contributed by atoms with Gasteiger partial charge in [0.05, 0.1) is 11.5 Å². The van der Waals surface area contributed by atoms with Crippen LogP contribution in [0, 0.1) is 10.1 Å². The van der Waals surface area contributed by atoms with Gasteiger partial charge in [-0.3, -0.25) is 10.1 Å². The maximum atomic E-state index is 10.8. The molecule has 0 spiro atoms. The lowest BCUT2D eigenvalue weighted by Crippen LogP contribution is -2.38. The Bertz CT molecular complexity index is 491. The second kappa shape index (κ2) is 10.6. The Hall–Kier alpha value is -2.15. The molecule has 0 saturated heterocycles. The Balaban J connectivity index is 2.54. The van der Waals surface area contributed by atoms with Gasteiger partial charge in [-0.1, -0.05) is 12.1 Å². The Labute approximate surface area is 130 Å². The maximum Gasteiger partial charge on any atom is 0.269 e. The minimum Gasteiger partial charge on any atom is -0.382 e. The fourth-order valence-corrected chi connectivity index (χ4v) is 1.81. The lowest BCUT2D eigenvalue weighted by Gasteiger charge is -2.11. The number of nitrogens with zero attached hydrogens (tertiary/aromatic N) is 2. The molecule has 1 aromatic rings. The predicted molar refractivity (Wildman–Crippen MR) is 87.0 cm³/mol. The minimum atomic E-state index is -0.398. The molecule has 0 heterocycles. The number of guanidine groups is 1. The van der Waals surface area contributed by atoms with Crippen molar-refractivity contribution in [3.63, 3.8) is 0 Å². The maximum absolute atomic E-state index is 10.8. The van der Waals surface area contributed by atoms with Gasteiger partial charge in [0.1, 0.15) is 0 Å². The Morgan fingerprint density at radius 1 is 1.36 bits per heavy atom. The number of nitro benzene ring substituents is 1. The lowest BCUT2D eigenvalue weighted by atomic mass is 10.2. The normalized spacial score (nSPS) is 11.3. The smallest absolute Gasteiger partial charge is 0.269 e. The molecular formula is C15H24N4O3. The van der Waals surface area contributed by atoms with E-state index in [-0.39, 0.29) is 5.69 Å². The van der Waals surface area contributed by atoms with Crippen molar-refractivity contribution in [3.8, 4) is 0 Å². The number of aliphatic imine (C=N–C) groups is 1. The first-order valence-electron chi connectivity index (χ1n) is 7.50. The van der Waals surface area contributed by atoms with Gasteiger partial charge >= 0.3 is 0 Å². The number of nitrogens with one attached hydrogen (secondary N) is 2. The molecule has 1 rings (SSSR count). The van der Waals surface area contributed by atoms with Crippen LogP contribution in [0.4, 0.5) is 5.69 Å². The molecule has 1 aromatic carbocycles. The summed E-state index contributed by atoms with van der Waals surface area (Å²) in [5.74, 6) is 0.700. The molecule has 2 N–H and O–H groups in total. The van der Waals surface area contributed by atoms with E-state index in [9.17, 15) is 10.1 Å². The number of benzene rings is 1. The zero-order valence-corrected chi connectivity index (χ0v) is 13.2. The fraction of sp³-hybridized carbons (Fsp3) is 0.533. The van der Waals surface area contributed by atoms with E-state index in [4.69, 9.17) is 4.74 Å². The van der Waals surface area contributed by atoms with E-state index in [0.717, 1.165) is 31.7 Å². The van der Waals surface area contributed by atoms with E-state index in [2.05, 4.69) is 15.6 Å². The van der Waals surface area contributed by atoms with Gasteiger partial charge in [-0.05, 0) is 25.8 Å². The number of hydrogen-bond donors (Lipinski definition) is 2. The highest BCUT2D eigenvalue weighted by Gasteiger charge is 2.05. The molecular weight excluding hydrogens is 284 g/mol. The van der Waals surface area contributed by atoms with Gasteiger partial charge < -0.3 is 15.4 Å². The number of non-ortho nitro benzene ring substituents is 1. The third kappa shape index (κ3) is 7.03. The van der Waals surface area contributed by atoms with Crippen LogP contribution >= 0.6 is 0 Å². The van der Waals surface area contributed by atoms with Crippen molar-refractivity contribution in [2.75, 3.05) is 26.3 Å². The Morgan fingerprint density at radius 2 is 2.18 bits per heavy atom. The summed E-state index contributed by atoms with van der Waals surface area (Å²) in [6, 6.07) is 6.52. The van der Waals surface area contributed by atoms with Crippen molar-refractivity contribution < 1.29 is 9.66 Å². The highest BCUT2D eigenvalue weighted by molar-refractivity contribution is 5.79. The molecule has 0 amide bonds. The van der Waals surface area contributed by atoms with Gasteiger partial charge in [0.15, 0.2) is 5.96 Å². The summed E-state index contributed by atoms with van der Waals surface area (Å²) in [5.41, 5.74) is 0.892. The molecule has 22 heavy (non-hydrogen) atoms. The highest BCUT2D eigenvalue weighted by Crippen LogP contribution is 2.13.